The van der Waals surface area contributed by atoms with Crippen LogP contribution in [0.5, 0.6) is 5.75 Å². The number of aromatic nitrogens is 2. The number of carbonyl (C=O) groups excluding carboxylic acids is 1. The Hall–Kier alpha value is -2.42. The van der Waals surface area contributed by atoms with E-state index >= 15 is 0 Å². The van der Waals surface area contributed by atoms with E-state index in [9.17, 15) is 18.0 Å². The lowest BCUT2D eigenvalue weighted by molar-refractivity contribution is -0.115. The molecule has 0 spiro atoms. The van der Waals surface area contributed by atoms with Gasteiger partial charge in [0.1, 0.15) is 12.3 Å². The molecule has 0 atom stereocenters. The molecular formula is C23H30ClF3N4O2. The summed E-state index contributed by atoms with van der Waals surface area (Å²) in [5, 5.41) is 9.87. The zero-order chi connectivity index (χ0) is 24.2. The van der Waals surface area contributed by atoms with Gasteiger partial charge < -0.3 is 15.4 Å². The molecular weight excluding hydrogens is 457 g/mol. The van der Waals surface area contributed by atoms with E-state index in [0.29, 0.717) is 36.0 Å². The number of ether oxygens (including phenoxy) is 1. The van der Waals surface area contributed by atoms with Crippen LogP contribution < -0.4 is 15.4 Å². The van der Waals surface area contributed by atoms with E-state index in [2.05, 4.69) is 22.7 Å². The molecule has 1 heterocycles. The fourth-order valence-electron chi connectivity index (χ4n) is 4.12. The van der Waals surface area contributed by atoms with Crippen molar-refractivity contribution in [3.05, 3.63) is 28.9 Å². The summed E-state index contributed by atoms with van der Waals surface area (Å²) in [6.45, 7) is 3.98. The summed E-state index contributed by atoms with van der Waals surface area (Å²) in [6.07, 6.45) is 0.187. The van der Waals surface area contributed by atoms with E-state index in [4.69, 9.17) is 16.3 Å². The summed E-state index contributed by atoms with van der Waals surface area (Å²) in [4.78, 5) is 12.9. The van der Waals surface area contributed by atoms with Gasteiger partial charge in [-0.2, -0.15) is 18.3 Å². The van der Waals surface area contributed by atoms with Crippen molar-refractivity contribution in [2.24, 2.45) is 11.8 Å². The molecule has 182 valence electrons. The molecule has 1 aliphatic rings. The highest BCUT2D eigenvalue weighted by Gasteiger charge is 2.28. The van der Waals surface area contributed by atoms with Gasteiger partial charge in [-0.3, -0.25) is 9.48 Å². The second kappa shape index (κ2) is 10.7. The van der Waals surface area contributed by atoms with Crippen molar-refractivity contribution in [3.8, 4) is 17.0 Å². The number of methoxy groups -OCH3 is 1. The minimum absolute atomic E-state index is 0.124. The molecule has 3 rings (SSSR count). The molecule has 0 unspecified atom stereocenters. The van der Waals surface area contributed by atoms with E-state index in [1.54, 1.807) is 10.7 Å². The molecule has 0 aliphatic heterocycles. The summed E-state index contributed by atoms with van der Waals surface area (Å²) >= 11 is 6.60. The molecule has 0 radical (unpaired) electrons. The predicted molar refractivity (Wildman–Crippen MR) is 123 cm³/mol. The topological polar surface area (TPSA) is 68.2 Å². The Morgan fingerprint density at radius 2 is 1.97 bits per heavy atom. The molecule has 1 saturated carbocycles. The molecule has 1 fully saturated rings. The number of rotatable bonds is 8. The number of nitrogens with zero attached hydrogens (tertiary/aromatic N) is 2. The molecule has 1 aromatic carbocycles. The zero-order valence-electron chi connectivity index (χ0n) is 19.1. The van der Waals surface area contributed by atoms with Gasteiger partial charge in [0.15, 0.2) is 5.69 Å². The van der Waals surface area contributed by atoms with Crippen molar-refractivity contribution < 1.29 is 22.7 Å². The zero-order valence-corrected chi connectivity index (χ0v) is 19.8. The Bertz CT molecular complexity index is 969. The van der Waals surface area contributed by atoms with Crippen LogP contribution in [0.25, 0.3) is 11.3 Å². The van der Waals surface area contributed by atoms with Crippen LogP contribution in [-0.2, 0) is 6.54 Å². The fraction of sp³-hybridized carbons (Fsp3) is 0.565. The van der Waals surface area contributed by atoms with Crippen molar-refractivity contribution in [3.63, 3.8) is 0 Å². The number of hydrogen-bond donors (Lipinski definition) is 2. The van der Waals surface area contributed by atoms with Gasteiger partial charge >= 0.3 is 6.18 Å². The number of amides is 1. The molecule has 1 aliphatic carbocycles. The molecule has 0 saturated heterocycles. The van der Waals surface area contributed by atoms with E-state index in [1.165, 1.54) is 32.1 Å². The maximum atomic E-state index is 12.9. The molecule has 10 heteroatoms. The van der Waals surface area contributed by atoms with E-state index in [1.807, 2.05) is 6.92 Å². The molecule has 0 bridgehead atoms. The average molecular weight is 487 g/mol. The third-order valence-electron chi connectivity index (χ3n) is 6.05. The molecule has 33 heavy (non-hydrogen) atoms. The summed E-state index contributed by atoms with van der Waals surface area (Å²) < 4.78 is 44.6. The highest BCUT2D eigenvalue weighted by molar-refractivity contribution is 6.36. The minimum atomic E-state index is -4.34. The highest BCUT2D eigenvalue weighted by atomic mass is 35.5. The second-order valence-electron chi connectivity index (χ2n) is 8.55. The van der Waals surface area contributed by atoms with Gasteiger partial charge in [0.25, 0.3) is 5.91 Å². The van der Waals surface area contributed by atoms with Gasteiger partial charge in [0, 0.05) is 30.4 Å². The molecule has 2 N–H and O–H groups in total. The summed E-state index contributed by atoms with van der Waals surface area (Å²) in [5.41, 5.74) is 1.40. The molecule has 1 aromatic heterocycles. The van der Waals surface area contributed by atoms with Crippen LogP contribution in [0.4, 0.5) is 18.9 Å². The Kier molecular flexibility index (Phi) is 8.15. The number of nitrogens with one attached hydrogen (secondary N) is 2. The SMILES string of the molecule is CCn1nc(C(=O)NCC2CCC(C)CC2)c(Cl)c1-c1ccc(NCC(F)(F)F)cc1OC. The quantitative estimate of drug-likeness (QED) is 0.497. The Labute approximate surface area is 196 Å². The van der Waals surface area contributed by atoms with Crippen LogP contribution >= 0.6 is 11.6 Å². The largest absolute Gasteiger partial charge is 0.496 e. The second-order valence-corrected chi connectivity index (χ2v) is 8.92. The van der Waals surface area contributed by atoms with Crippen LogP contribution in [0.2, 0.25) is 5.02 Å². The van der Waals surface area contributed by atoms with Crippen molar-refractivity contribution in [1.82, 2.24) is 15.1 Å². The van der Waals surface area contributed by atoms with Gasteiger partial charge in [0.2, 0.25) is 0 Å². The Morgan fingerprint density at radius 1 is 1.27 bits per heavy atom. The van der Waals surface area contributed by atoms with E-state index < -0.39 is 12.7 Å². The standard InChI is InChI=1S/C23H30ClF3N4O2/c1-4-31-21(17-10-9-16(11-18(17)33-3)29-13-23(25,26)27)19(24)20(30-31)22(32)28-12-15-7-5-14(2)6-8-15/h9-11,14-15,29H,4-8,12-13H2,1-3H3,(H,28,32). The van der Waals surface area contributed by atoms with E-state index in [-0.39, 0.29) is 22.3 Å². The van der Waals surface area contributed by atoms with Crippen LogP contribution in [0.15, 0.2) is 18.2 Å². The number of alkyl halides is 3. The lowest BCUT2D eigenvalue weighted by Crippen LogP contribution is -2.31. The summed E-state index contributed by atoms with van der Waals surface area (Å²) in [6, 6.07) is 4.59. The lowest BCUT2D eigenvalue weighted by Gasteiger charge is -2.26. The Balaban J connectivity index is 1.81. The highest BCUT2D eigenvalue weighted by Crippen LogP contribution is 2.38. The number of benzene rings is 1. The van der Waals surface area contributed by atoms with Gasteiger partial charge in [-0.05, 0) is 43.7 Å². The monoisotopic (exact) mass is 486 g/mol. The maximum Gasteiger partial charge on any atom is 0.405 e. The van der Waals surface area contributed by atoms with Crippen LogP contribution in [-0.4, -0.2) is 42.1 Å². The third-order valence-corrected chi connectivity index (χ3v) is 6.40. The average Bonchev–Trinajstić information content (AvgIpc) is 3.12. The van der Waals surface area contributed by atoms with Crippen molar-refractivity contribution in [1.29, 1.82) is 0 Å². The number of carbonyl (C=O) groups is 1. The first-order valence-corrected chi connectivity index (χ1v) is 11.5. The molecule has 1 amide bonds. The number of aryl methyl sites for hydroxylation is 1. The number of halogens is 4. The summed E-state index contributed by atoms with van der Waals surface area (Å²) in [7, 11) is 1.42. The van der Waals surface area contributed by atoms with Gasteiger partial charge in [-0.15, -0.1) is 0 Å². The van der Waals surface area contributed by atoms with Gasteiger partial charge in [-0.1, -0.05) is 31.4 Å². The van der Waals surface area contributed by atoms with Crippen molar-refractivity contribution in [2.45, 2.75) is 52.3 Å². The van der Waals surface area contributed by atoms with Crippen molar-refractivity contribution >= 4 is 23.2 Å². The third kappa shape index (κ3) is 6.34. The smallest absolute Gasteiger partial charge is 0.405 e. The van der Waals surface area contributed by atoms with Crippen LogP contribution in [0, 0.1) is 11.8 Å². The summed E-state index contributed by atoms with van der Waals surface area (Å²) in [5.74, 6) is 1.17. The lowest BCUT2D eigenvalue weighted by atomic mass is 9.83. The molecule has 2 aromatic rings. The minimum Gasteiger partial charge on any atom is -0.496 e. The first kappa shape index (κ1) is 25.2. The van der Waals surface area contributed by atoms with Crippen molar-refractivity contribution in [2.75, 3.05) is 25.5 Å². The fourth-order valence-corrected chi connectivity index (χ4v) is 4.45. The number of anilines is 1. The normalized spacial score (nSPS) is 18.8. The Morgan fingerprint density at radius 3 is 2.58 bits per heavy atom. The van der Waals surface area contributed by atoms with Gasteiger partial charge in [-0.25, -0.2) is 0 Å². The maximum absolute atomic E-state index is 12.9. The van der Waals surface area contributed by atoms with Crippen LogP contribution in [0.3, 0.4) is 0 Å². The first-order chi connectivity index (χ1) is 15.6. The first-order valence-electron chi connectivity index (χ1n) is 11.2. The molecule has 6 nitrogen and oxygen atoms in total. The number of hydrogen-bond acceptors (Lipinski definition) is 4. The predicted octanol–water partition coefficient (Wildman–Crippen LogP) is 5.76. The van der Waals surface area contributed by atoms with E-state index in [0.717, 1.165) is 18.8 Å². The van der Waals surface area contributed by atoms with Crippen LogP contribution in [0.1, 0.15) is 50.0 Å². The van der Waals surface area contributed by atoms with Gasteiger partial charge in [0.05, 0.1) is 17.8 Å².